The summed E-state index contributed by atoms with van der Waals surface area (Å²) in [4.78, 5) is 18.5. The molecular formula is C17H34N4O3. The number of aliphatic imine (C=N–C) groups is 1. The minimum absolute atomic E-state index is 0.0136. The van der Waals surface area contributed by atoms with Gasteiger partial charge in [0.25, 0.3) is 0 Å². The highest BCUT2D eigenvalue weighted by molar-refractivity contribution is 5.80. The summed E-state index contributed by atoms with van der Waals surface area (Å²) in [6.07, 6.45) is 1.11. The number of hydrogen-bond donors (Lipinski definition) is 2. The summed E-state index contributed by atoms with van der Waals surface area (Å²) in [7, 11) is 1.68. The number of nitrogens with zero attached hydrogens (tertiary/aromatic N) is 2. The third-order valence-corrected chi connectivity index (χ3v) is 3.90. The Kier molecular flexibility index (Phi) is 10.4. The van der Waals surface area contributed by atoms with Gasteiger partial charge in [0.2, 0.25) is 5.91 Å². The van der Waals surface area contributed by atoms with E-state index in [9.17, 15) is 4.79 Å². The second kappa shape index (κ2) is 12.1. The molecule has 0 bridgehead atoms. The van der Waals surface area contributed by atoms with Crippen molar-refractivity contribution in [3.8, 4) is 0 Å². The van der Waals surface area contributed by atoms with E-state index in [0.717, 1.165) is 38.6 Å². The first-order valence-electron chi connectivity index (χ1n) is 8.96. The SMILES string of the molecule is CCNC(=NCCNC(=O)C(C)C)N1CCC(COCCOC)C1. The van der Waals surface area contributed by atoms with Crippen molar-refractivity contribution in [3.63, 3.8) is 0 Å². The summed E-state index contributed by atoms with van der Waals surface area (Å²) in [5.74, 6) is 1.55. The maximum Gasteiger partial charge on any atom is 0.222 e. The molecule has 0 aromatic rings. The Morgan fingerprint density at radius 3 is 2.79 bits per heavy atom. The molecule has 1 aliphatic rings. The molecule has 2 N–H and O–H groups in total. The molecule has 0 spiro atoms. The first kappa shape index (κ1) is 20.7. The number of hydrogen-bond acceptors (Lipinski definition) is 4. The standard InChI is InChI=1S/C17H34N4O3/c1-5-18-17(20-8-7-19-16(22)14(2)3)21-9-6-15(12-21)13-24-11-10-23-4/h14-15H,5-13H2,1-4H3,(H,18,20)(H,19,22). The lowest BCUT2D eigenvalue weighted by Crippen LogP contribution is -2.41. The van der Waals surface area contributed by atoms with Crippen molar-refractivity contribution in [2.45, 2.75) is 27.2 Å². The van der Waals surface area contributed by atoms with E-state index in [-0.39, 0.29) is 11.8 Å². The molecule has 140 valence electrons. The molecule has 0 saturated carbocycles. The first-order chi connectivity index (χ1) is 11.6. The number of carbonyl (C=O) groups is 1. The van der Waals surface area contributed by atoms with Crippen LogP contribution in [0.25, 0.3) is 0 Å². The van der Waals surface area contributed by atoms with E-state index in [2.05, 4.69) is 27.4 Å². The topological polar surface area (TPSA) is 75.2 Å². The van der Waals surface area contributed by atoms with Gasteiger partial charge >= 0.3 is 0 Å². The number of amides is 1. The molecule has 1 saturated heterocycles. The number of likely N-dealkylation sites (tertiary alicyclic amines) is 1. The van der Waals surface area contributed by atoms with Gasteiger partial charge in [-0.2, -0.15) is 0 Å². The molecule has 1 unspecified atom stereocenters. The van der Waals surface area contributed by atoms with E-state index in [0.29, 0.717) is 32.2 Å². The Hall–Kier alpha value is -1.34. The molecule has 1 atom stereocenters. The van der Waals surface area contributed by atoms with Crippen LogP contribution in [0.3, 0.4) is 0 Å². The molecule has 1 rings (SSSR count). The number of methoxy groups -OCH3 is 1. The smallest absolute Gasteiger partial charge is 0.222 e. The summed E-state index contributed by atoms with van der Waals surface area (Å²) in [5.41, 5.74) is 0. The van der Waals surface area contributed by atoms with Crippen LogP contribution >= 0.6 is 0 Å². The van der Waals surface area contributed by atoms with Crippen LogP contribution < -0.4 is 10.6 Å². The lowest BCUT2D eigenvalue weighted by atomic mass is 10.1. The third-order valence-electron chi connectivity index (χ3n) is 3.90. The molecule has 7 heteroatoms. The Morgan fingerprint density at radius 1 is 1.33 bits per heavy atom. The molecule has 0 aromatic heterocycles. The number of nitrogens with one attached hydrogen (secondary N) is 2. The molecule has 24 heavy (non-hydrogen) atoms. The van der Waals surface area contributed by atoms with E-state index in [4.69, 9.17) is 9.47 Å². The van der Waals surface area contributed by atoms with Gasteiger partial charge < -0.3 is 25.0 Å². The zero-order valence-corrected chi connectivity index (χ0v) is 15.6. The second-order valence-corrected chi connectivity index (χ2v) is 6.35. The van der Waals surface area contributed by atoms with Crippen LogP contribution in [0.15, 0.2) is 4.99 Å². The Morgan fingerprint density at radius 2 is 2.12 bits per heavy atom. The third kappa shape index (κ3) is 7.97. The van der Waals surface area contributed by atoms with Gasteiger partial charge in [-0.1, -0.05) is 13.8 Å². The molecule has 0 radical (unpaired) electrons. The van der Waals surface area contributed by atoms with Gasteiger partial charge in [-0.3, -0.25) is 9.79 Å². The fourth-order valence-corrected chi connectivity index (χ4v) is 2.52. The molecule has 1 heterocycles. The summed E-state index contributed by atoms with van der Waals surface area (Å²) >= 11 is 0. The summed E-state index contributed by atoms with van der Waals surface area (Å²) < 4.78 is 10.6. The van der Waals surface area contributed by atoms with Crippen molar-refractivity contribution in [1.29, 1.82) is 0 Å². The van der Waals surface area contributed by atoms with Crippen molar-refractivity contribution in [2.24, 2.45) is 16.8 Å². The lowest BCUT2D eigenvalue weighted by molar-refractivity contribution is -0.123. The predicted octanol–water partition coefficient (Wildman–Crippen LogP) is 0.709. The maximum atomic E-state index is 11.6. The van der Waals surface area contributed by atoms with Crippen LogP contribution in [0.5, 0.6) is 0 Å². The zero-order valence-electron chi connectivity index (χ0n) is 15.6. The van der Waals surface area contributed by atoms with E-state index in [1.807, 2.05) is 13.8 Å². The molecule has 7 nitrogen and oxygen atoms in total. The highest BCUT2D eigenvalue weighted by Gasteiger charge is 2.24. The normalized spacial score (nSPS) is 18.3. The van der Waals surface area contributed by atoms with Gasteiger partial charge in [-0.15, -0.1) is 0 Å². The fraction of sp³-hybridized carbons (Fsp3) is 0.882. The van der Waals surface area contributed by atoms with Gasteiger partial charge in [0.05, 0.1) is 26.4 Å². The lowest BCUT2D eigenvalue weighted by Gasteiger charge is -2.21. The molecule has 1 amide bonds. The zero-order chi connectivity index (χ0) is 17.8. The van der Waals surface area contributed by atoms with Crippen LogP contribution in [0.4, 0.5) is 0 Å². The first-order valence-corrected chi connectivity index (χ1v) is 8.96. The van der Waals surface area contributed by atoms with Gasteiger partial charge in [0.15, 0.2) is 5.96 Å². The molecule has 1 aliphatic heterocycles. The van der Waals surface area contributed by atoms with Gasteiger partial charge in [0, 0.05) is 45.1 Å². The van der Waals surface area contributed by atoms with Crippen LogP contribution in [0, 0.1) is 11.8 Å². The Bertz CT molecular complexity index is 388. The molecule has 0 aliphatic carbocycles. The minimum Gasteiger partial charge on any atom is -0.382 e. The van der Waals surface area contributed by atoms with Crippen molar-refractivity contribution < 1.29 is 14.3 Å². The summed E-state index contributed by atoms with van der Waals surface area (Å²) in [5, 5.41) is 6.23. The van der Waals surface area contributed by atoms with Gasteiger partial charge in [0.1, 0.15) is 0 Å². The van der Waals surface area contributed by atoms with E-state index in [1.54, 1.807) is 7.11 Å². The second-order valence-electron chi connectivity index (χ2n) is 6.35. The Labute approximate surface area is 146 Å². The largest absolute Gasteiger partial charge is 0.382 e. The van der Waals surface area contributed by atoms with Crippen LogP contribution in [-0.2, 0) is 14.3 Å². The summed E-state index contributed by atoms with van der Waals surface area (Å²) in [6, 6.07) is 0. The van der Waals surface area contributed by atoms with Crippen LogP contribution in [0.1, 0.15) is 27.2 Å². The van der Waals surface area contributed by atoms with Crippen molar-refractivity contribution in [1.82, 2.24) is 15.5 Å². The average Bonchev–Trinajstić information content (AvgIpc) is 3.03. The highest BCUT2D eigenvalue weighted by Crippen LogP contribution is 2.16. The van der Waals surface area contributed by atoms with Crippen molar-refractivity contribution in [3.05, 3.63) is 0 Å². The average molecular weight is 342 g/mol. The fourth-order valence-electron chi connectivity index (χ4n) is 2.52. The van der Waals surface area contributed by atoms with Crippen LogP contribution in [0.2, 0.25) is 0 Å². The minimum atomic E-state index is 0.0136. The van der Waals surface area contributed by atoms with Crippen molar-refractivity contribution in [2.75, 3.05) is 59.7 Å². The predicted molar refractivity (Wildman–Crippen MR) is 96.2 cm³/mol. The number of ether oxygens (including phenoxy) is 2. The number of guanidine groups is 1. The molecule has 0 aromatic carbocycles. The van der Waals surface area contributed by atoms with Crippen LogP contribution in [-0.4, -0.2) is 76.4 Å². The number of rotatable bonds is 10. The van der Waals surface area contributed by atoms with E-state index >= 15 is 0 Å². The Balaban J connectivity index is 2.36. The molecular weight excluding hydrogens is 308 g/mol. The van der Waals surface area contributed by atoms with E-state index in [1.165, 1.54) is 0 Å². The highest BCUT2D eigenvalue weighted by atomic mass is 16.5. The molecule has 1 fully saturated rings. The summed E-state index contributed by atoms with van der Waals surface area (Å²) in [6.45, 7) is 11.8. The maximum absolute atomic E-state index is 11.6. The van der Waals surface area contributed by atoms with Gasteiger partial charge in [-0.25, -0.2) is 0 Å². The number of carbonyl (C=O) groups excluding carboxylic acids is 1. The van der Waals surface area contributed by atoms with Crippen molar-refractivity contribution >= 4 is 11.9 Å². The quantitative estimate of drug-likeness (QED) is 0.347. The van der Waals surface area contributed by atoms with Gasteiger partial charge in [-0.05, 0) is 13.3 Å². The van der Waals surface area contributed by atoms with E-state index < -0.39 is 0 Å². The monoisotopic (exact) mass is 342 g/mol.